The lowest BCUT2D eigenvalue weighted by molar-refractivity contribution is -0.131. The zero-order chi connectivity index (χ0) is 9.02. The smallest absolute Gasteiger partial charge is 0.236 e. The van der Waals surface area contributed by atoms with Crippen molar-refractivity contribution in [2.45, 2.75) is 24.7 Å². The topological polar surface area (TPSA) is 40.5 Å². The highest BCUT2D eigenvalue weighted by Gasteiger charge is 2.18. The summed E-state index contributed by atoms with van der Waals surface area (Å²) in [6.45, 7) is 3.57. The molecule has 2 atom stereocenters. The van der Waals surface area contributed by atoms with E-state index >= 15 is 0 Å². The molecule has 1 amide bonds. The number of rotatable bonds is 3. The summed E-state index contributed by atoms with van der Waals surface area (Å²) in [6.07, 6.45) is 0. The van der Waals surface area contributed by atoms with Crippen molar-refractivity contribution in [2.24, 2.45) is 0 Å². The van der Waals surface area contributed by atoms with E-state index < -0.39 is 0 Å². The van der Waals surface area contributed by atoms with Crippen molar-refractivity contribution < 1.29 is 9.90 Å². The van der Waals surface area contributed by atoms with E-state index in [2.05, 4.69) is 15.9 Å². The zero-order valence-electron chi connectivity index (χ0n) is 7.04. The summed E-state index contributed by atoms with van der Waals surface area (Å²) >= 11 is 3.17. The van der Waals surface area contributed by atoms with Crippen molar-refractivity contribution >= 4 is 21.8 Å². The molecule has 0 fully saturated rings. The van der Waals surface area contributed by atoms with E-state index in [4.69, 9.17) is 5.11 Å². The minimum atomic E-state index is -0.179. The summed E-state index contributed by atoms with van der Waals surface area (Å²) in [5, 5.41) is 8.73. The molecule has 0 aliphatic carbocycles. The van der Waals surface area contributed by atoms with Gasteiger partial charge in [-0.05, 0) is 13.8 Å². The van der Waals surface area contributed by atoms with Crippen LogP contribution in [0.4, 0.5) is 0 Å². The third-order valence-corrected chi connectivity index (χ3v) is 2.00. The molecule has 0 rings (SSSR count). The largest absolute Gasteiger partial charge is 0.394 e. The van der Waals surface area contributed by atoms with Gasteiger partial charge in [-0.15, -0.1) is 0 Å². The van der Waals surface area contributed by atoms with E-state index in [0.29, 0.717) is 0 Å². The molecule has 0 saturated carbocycles. The number of likely N-dealkylation sites (N-methyl/N-ethyl adjacent to an activating group) is 1. The first-order valence-electron chi connectivity index (χ1n) is 3.52. The molecular formula is C7H14BrNO2. The van der Waals surface area contributed by atoms with Crippen LogP contribution in [0.5, 0.6) is 0 Å². The number of alkyl halides is 1. The second-order valence-corrected chi connectivity index (χ2v) is 3.97. The summed E-state index contributed by atoms with van der Waals surface area (Å²) in [4.78, 5) is 12.6. The fourth-order valence-electron chi connectivity index (χ4n) is 0.620. The average Bonchev–Trinajstić information content (AvgIpc) is 2.00. The average molecular weight is 224 g/mol. The third-order valence-electron chi connectivity index (χ3n) is 1.61. The van der Waals surface area contributed by atoms with Crippen LogP contribution in [0.2, 0.25) is 0 Å². The van der Waals surface area contributed by atoms with Gasteiger partial charge in [-0.25, -0.2) is 0 Å². The maximum atomic E-state index is 11.2. The van der Waals surface area contributed by atoms with Gasteiger partial charge < -0.3 is 10.0 Å². The number of aliphatic hydroxyl groups is 1. The van der Waals surface area contributed by atoms with Crippen LogP contribution in [-0.2, 0) is 4.79 Å². The van der Waals surface area contributed by atoms with Crippen LogP contribution in [-0.4, -0.2) is 40.4 Å². The Labute approximate surface area is 75.5 Å². The van der Waals surface area contributed by atoms with E-state index in [0.717, 1.165) is 0 Å². The lowest BCUT2D eigenvalue weighted by atomic mass is 10.3. The van der Waals surface area contributed by atoms with Gasteiger partial charge in [0, 0.05) is 7.05 Å². The normalized spacial score (nSPS) is 15.7. The van der Waals surface area contributed by atoms with E-state index in [1.165, 1.54) is 4.90 Å². The molecule has 66 valence electrons. The zero-order valence-corrected chi connectivity index (χ0v) is 8.63. The number of nitrogens with zero attached hydrogens (tertiary/aromatic N) is 1. The predicted octanol–water partition coefficient (Wildman–Crippen LogP) is 0.609. The molecule has 0 saturated heterocycles. The van der Waals surface area contributed by atoms with Gasteiger partial charge in [-0.2, -0.15) is 0 Å². The highest BCUT2D eigenvalue weighted by Crippen LogP contribution is 2.04. The molecule has 0 bridgehead atoms. The number of carbonyl (C=O) groups excluding carboxylic acids is 1. The lowest BCUT2D eigenvalue weighted by Crippen LogP contribution is -2.40. The number of amides is 1. The van der Waals surface area contributed by atoms with Crippen LogP contribution in [0.1, 0.15) is 13.8 Å². The first-order valence-corrected chi connectivity index (χ1v) is 4.43. The fourth-order valence-corrected chi connectivity index (χ4v) is 0.943. The van der Waals surface area contributed by atoms with Crippen molar-refractivity contribution in [3.63, 3.8) is 0 Å². The lowest BCUT2D eigenvalue weighted by Gasteiger charge is -2.24. The summed E-state index contributed by atoms with van der Waals surface area (Å²) < 4.78 is 0. The molecule has 4 heteroatoms. The molecule has 0 radical (unpaired) electrons. The molecule has 11 heavy (non-hydrogen) atoms. The number of halogens is 1. The summed E-state index contributed by atoms with van der Waals surface area (Å²) in [5.41, 5.74) is 0. The SMILES string of the molecule is CC(Br)C(=O)N(C)C(C)CO. The maximum absolute atomic E-state index is 11.2. The number of aliphatic hydroxyl groups excluding tert-OH is 1. The summed E-state index contributed by atoms with van der Waals surface area (Å²) in [7, 11) is 1.68. The van der Waals surface area contributed by atoms with Crippen LogP contribution in [0.3, 0.4) is 0 Å². The van der Waals surface area contributed by atoms with Crippen molar-refractivity contribution in [1.82, 2.24) is 4.90 Å². The van der Waals surface area contributed by atoms with Gasteiger partial charge in [0.05, 0.1) is 17.5 Å². The Morgan fingerprint density at radius 2 is 2.09 bits per heavy atom. The van der Waals surface area contributed by atoms with Crippen LogP contribution < -0.4 is 0 Å². The van der Waals surface area contributed by atoms with Gasteiger partial charge in [-0.1, -0.05) is 15.9 Å². The van der Waals surface area contributed by atoms with Gasteiger partial charge in [0.1, 0.15) is 0 Å². The van der Waals surface area contributed by atoms with Gasteiger partial charge >= 0.3 is 0 Å². The van der Waals surface area contributed by atoms with Crippen LogP contribution >= 0.6 is 15.9 Å². The van der Waals surface area contributed by atoms with E-state index in [1.54, 1.807) is 20.9 Å². The highest BCUT2D eigenvalue weighted by atomic mass is 79.9. The highest BCUT2D eigenvalue weighted by molar-refractivity contribution is 9.10. The molecule has 3 nitrogen and oxygen atoms in total. The van der Waals surface area contributed by atoms with Gasteiger partial charge in [0.15, 0.2) is 0 Å². The molecule has 0 aliphatic rings. The molecular weight excluding hydrogens is 210 g/mol. The number of hydrogen-bond donors (Lipinski definition) is 1. The van der Waals surface area contributed by atoms with Gasteiger partial charge in [0.2, 0.25) is 5.91 Å². The van der Waals surface area contributed by atoms with Crippen molar-refractivity contribution in [3.8, 4) is 0 Å². The minimum Gasteiger partial charge on any atom is -0.394 e. The molecule has 0 heterocycles. The third kappa shape index (κ3) is 3.20. The minimum absolute atomic E-state index is 0.00194. The van der Waals surface area contributed by atoms with E-state index in [-0.39, 0.29) is 23.4 Å². The van der Waals surface area contributed by atoms with Crippen molar-refractivity contribution in [3.05, 3.63) is 0 Å². The predicted molar refractivity (Wildman–Crippen MR) is 47.7 cm³/mol. The summed E-state index contributed by atoms with van der Waals surface area (Å²) in [5.74, 6) is -0.00782. The van der Waals surface area contributed by atoms with E-state index in [1.807, 2.05) is 0 Å². The first kappa shape index (κ1) is 10.9. The molecule has 0 aromatic carbocycles. The van der Waals surface area contributed by atoms with Crippen LogP contribution in [0, 0.1) is 0 Å². The molecule has 0 spiro atoms. The Balaban J connectivity index is 4.02. The van der Waals surface area contributed by atoms with Crippen LogP contribution in [0.25, 0.3) is 0 Å². The maximum Gasteiger partial charge on any atom is 0.236 e. The Bertz CT molecular complexity index is 138. The molecule has 1 N–H and O–H groups in total. The molecule has 0 aromatic rings. The molecule has 0 aliphatic heterocycles. The number of carbonyl (C=O) groups is 1. The molecule has 0 aromatic heterocycles. The Morgan fingerprint density at radius 1 is 1.64 bits per heavy atom. The second-order valence-electron chi connectivity index (χ2n) is 2.60. The van der Waals surface area contributed by atoms with Gasteiger partial charge in [-0.3, -0.25) is 4.79 Å². The Kier molecular flexibility index (Phi) is 4.68. The van der Waals surface area contributed by atoms with Crippen molar-refractivity contribution in [2.75, 3.05) is 13.7 Å². The number of hydrogen-bond acceptors (Lipinski definition) is 2. The quantitative estimate of drug-likeness (QED) is 0.713. The monoisotopic (exact) mass is 223 g/mol. The Hall–Kier alpha value is -0.0900. The van der Waals surface area contributed by atoms with E-state index in [9.17, 15) is 4.79 Å². The van der Waals surface area contributed by atoms with Gasteiger partial charge in [0.25, 0.3) is 0 Å². The standard InChI is InChI=1S/C7H14BrNO2/c1-5(4-10)9(3)7(11)6(2)8/h5-6,10H,4H2,1-3H3. The second kappa shape index (κ2) is 4.72. The Morgan fingerprint density at radius 3 is 2.36 bits per heavy atom. The van der Waals surface area contributed by atoms with Crippen LogP contribution in [0.15, 0.2) is 0 Å². The summed E-state index contributed by atoms with van der Waals surface area (Å²) in [6, 6.07) is -0.109. The fraction of sp³-hybridized carbons (Fsp3) is 0.857. The molecule has 2 unspecified atom stereocenters. The van der Waals surface area contributed by atoms with Crippen molar-refractivity contribution in [1.29, 1.82) is 0 Å². The first-order chi connectivity index (χ1) is 5.00.